The van der Waals surface area contributed by atoms with Gasteiger partial charge in [0.05, 0.1) is 20.3 Å². The third kappa shape index (κ3) is 6.16. The van der Waals surface area contributed by atoms with Crippen LogP contribution in [0.5, 0.6) is 0 Å². The van der Waals surface area contributed by atoms with Crippen LogP contribution >= 0.6 is 0 Å². The lowest BCUT2D eigenvalue weighted by Crippen LogP contribution is -2.43. The highest BCUT2D eigenvalue weighted by Gasteiger charge is 2.25. The lowest BCUT2D eigenvalue weighted by atomic mass is 9.92. The number of tetrazole rings is 1. The minimum atomic E-state index is -0.699. The van der Waals surface area contributed by atoms with E-state index in [1.165, 1.54) is 18.8 Å². The van der Waals surface area contributed by atoms with Crippen molar-refractivity contribution in [2.24, 2.45) is 5.41 Å². The molecule has 0 aliphatic carbocycles. The van der Waals surface area contributed by atoms with Crippen LogP contribution < -0.4 is 11.2 Å². The largest absolute Gasteiger partial charge is 0.468 e. The molecule has 1 N–H and O–H groups in total. The number of carbonyl (C=O) groups excluding carboxylic acids is 1. The van der Waals surface area contributed by atoms with Gasteiger partial charge in [-0.1, -0.05) is 69.3 Å². The number of H-pyrrole nitrogens is 1. The van der Waals surface area contributed by atoms with E-state index < -0.39 is 23.8 Å². The maximum Gasteiger partial charge on any atom is 0.333 e. The predicted molar refractivity (Wildman–Crippen MR) is 159 cm³/mol. The van der Waals surface area contributed by atoms with E-state index in [1.807, 2.05) is 53.1 Å². The molecule has 0 aliphatic heterocycles. The zero-order valence-electron chi connectivity index (χ0n) is 24.8. The van der Waals surface area contributed by atoms with Gasteiger partial charge in [-0.3, -0.25) is 14.2 Å². The standard InChI is InChI=1S/C30H34N8O5/c1-30(2,3)16-23-31-27-25(28(40)38(18-24(39)43-5)29(41)36(27)14-15-42-4)37(23)17-19-10-12-20(13-11-19)21-8-6-7-9-22(21)26-32-34-35-33-26/h6-13H,14-18H2,1-5H3,(H,32,33,34,35). The number of imidazole rings is 1. The molecule has 3 heterocycles. The number of fused-ring (bicyclic) bond motifs is 1. The van der Waals surface area contributed by atoms with Gasteiger partial charge < -0.3 is 14.0 Å². The van der Waals surface area contributed by atoms with Crippen LogP contribution in [0.2, 0.25) is 0 Å². The van der Waals surface area contributed by atoms with Crippen molar-refractivity contribution in [1.29, 1.82) is 0 Å². The number of hydrogen-bond donors (Lipinski definition) is 1. The minimum Gasteiger partial charge on any atom is -0.468 e. The number of nitrogens with one attached hydrogen (secondary N) is 1. The molecule has 0 unspecified atom stereocenters. The highest BCUT2D eigenvalue weighted by Crippen LogP contribution is 2.30. The van der Waals surface area contributed by atoms with E-state index >= 15 is 0 Å². The summed E-state index contributed by atoms with van der Waals surface area (Å²) >= 11 is 0. The summed E-state index contributed by atoms with van der Waals surface area (Å²) in [5, 5.41) is 14.3. The SMILES string of the molecule is COCCn1c(=O)n(CC(=O)OC)c(=O)c2c1nc(CC(C)(C)C)n2Cc1ccc(-c2ccccc2-c2nnn[nH]2)cc1. The minimum absolute atomic E-state index is 0.161. The molecule has 0 aliphatic rings. The predicted octanol–water partition coefficient (Wildman–Crippen LogP) is 2.66. The molecule has 13 heteroatoms. The first kappa shape index (κ1) is 29.6. The molecular formula is C30H34N8O5. The van der Waals surface area contributed by atoms with Crippen molar-refractivity contribution in [3.05, 3.63) is 80.8 Å². The number of ether oxygens (including phenoxy) is 2. The van der Waals surface area contributed by atoms with E-state index in [4.69, 9.17) is 14.5 Å². The van der Waals surface area contributed by atoms with Crippen molar-refractivity contribution in [3.63, 3.8) is 0 Å². The lowest BCUT2D eigenvalue weighted by Gasteiger charge is -2.19. The molecule has 43 heavy (non-hydrogen) atoms. The molecule has 5 aromatic rings. The van der Waals surface area contributed by atoms with E-state index in [9.17, 15) is 14.4 Å². The van der Waals surface area contributed by atoms with Crippen molar-refractivity contribution < 1.29 is 14.3 Å². The third-order valence-corrected chi connectivity index (χ3v) is 7.05. The van der Waals surface area contributed by atoms with Crippen LogP contribution in [0.25, 0.3) is 33.7 Å². The fourth-order valence-corrected chi connectivity index (χ4v) is 5.02. The molecule has 0 amide bonds. The van der Waals surface area contributed by atoms with Gasteiger partial charge >= 0.3 is 11.7 Å². The number of benzene rings is 2. The van der Waals surface area contributed by atoms with Crippen LogP contribution in [0, 0.1) is 5.41 Å². The van der Waals surface area contributed by atoms with Gasteiger partial charge in [-0.05, 0) is 32.5 Å². The number of esters is 1. The van der Waals surface area contributed by atoms with Crippen molar-refractivity contribution in [2.75, 3.05) is 20.8 Å². The van der Waals surface area contributed by atoms with Crippen LogP contribution in [-0.2, 0) is 40.3 Å². The third-order valence-electron chi connectivity index (χ3n) is 7.05. The monoisotopic (exact) mass is 586 g/mol. The van der Waals surface area contributed by atoms with E-state index in [-0.39, 0.29) is 29.7 Å². The van der Waals surface area contributed by atoms with E-state index in [0.29, 0.717) is 24.6 Å². The molecule has 0 radical (unpaired) electrons. The summed E-state index contributed by atoms with van der Waals surface area (Å²) in [6.07, 6.45) is 0.549. The van der Waals surface area contributed by atoms with Crippen LogP contribution in [-0.4, -0.2) is 66.1 Å². The maximum atomic E-state index is 13.8. The molecule has 5 rings (SSSR count). The van der Waals surface area contributed by atoms with Gasteiger partial charge in [-0.15, -0.1) is 5.10 Å². The molecule has 0 saturated heterocycles. The molecule has 13 nitrogen and oxygen atoms in total. The first-order valence-electron chi connectivity index (χ1n) is 13.8. The van der Waals surface area contributed by atoms with Crippen LogP contribution in [0.15, 0.2) is 58.1 Å². The summed E-state index contributed by atoms with van der Waals surface area (Å²) < 4.78 is 14.1. The Labute approximate surface area is 247 Å². The number of methoxy groups -OCH3 is 2. The number of aromatic nitrogens is 8. The van der Waals surface area contributed by atoms with E-state index in [0.717, 1.165) is 26.8 Å². The summed E-state index contributed by atoms with van der Waals surface area (Å²) in [6, 6.07) is 15.8. The smallest absolute Gasteiger partial charge is 0.333 e. The maximum absolute atomic E-state index is 13.8. The molecular weight excluding hydrogens is 552 g/mol. The Balaban J connectivity index is 1.63. The number of hydrogen-bond acceptors (Lipinski definition) is 9. The Hall–Kier alpha value is -4.91. The van der Waals surface area contributed by atoms with E-state index in [2.05, 4.69) is 41.4 Å². The number of nitrogens with zero attached hydrogens (tertiary/aromatic N) is 7. The first-order valence-corrected chi connectivity index (χ1v) is 13.8. The molecule has 0 bridgehead atoms. The quantitative estimate of drug-likeness (QED) is 0.244. The molecule has 3 aromatic heterocycles. The van der Waals surface area contributed by atoms with Crippen LogP contribution in [0.3, 0.4) is 0 Å². The Kier molecular flexibility index (Phi) is 8.35. The highest BCUT2D eigenvalue weighted by molar-refractivity contribution is 5.80. The van der Waals surface area contributed by atoms with Gasteiger partial charge in [0, 0.05) is 25.6 Å². The zero-order valence-corrected chi connectivity index (χ0v) is 24.8. The van der Waals surface area contributed by atoms with Gasteiger partial charge in [0.1, 0.15) is 12.4 Å². The summed E-state index contributed by atoms with van der Waals surface area (Å²) in [4.78, 5) is 44.3. The van der Waals surface area contributed by atoms with Gasteiger partial charge in [0.15, 0.2) is 17.0 Å². The normalized spacial score (nSPS) is 11.7. The number of aromatic amines is 1. The van der Waals surface area contributed by atoms with Crippen molar-refractivity contribution in [2.45, 2.75) is 46.8 Å². The summed E-state index contributed by atoms with van der Waals surface area (Å²) in [6.45, 7) is 6.45. The summed E-state index contributed by atoms with van der Waals surface area (Å²) in [7, 11) is 2.74. The van der Waals surface area contributed by atoms with Crippen LogP contribution in [0.1, 0.15) is 32.2 Å². The van der Waals surface area contributed by atoms with Crippen LogP contribution in [0.4, 0.5) is 0 Å². The number of rotatable bonds is 10. The fourth-order valence-electron chi connectivity index (χ4n) is 5.02. The molecule has 224 valence electrons. The Morgan fingerprint density at radius 3 is 2.30 bits per heavy atom. The molecule has 0 spiro atoms. The van der Waals surface area contributed by atoms with Gasteiger partial charge in [0.2, 0.25) is 0 Å². The average Bonchev–Trinajstić information content (AvgIpc) is 3.64. The van der Waals surface area contributed by atoms with Gasteiger partial charge in [-0.2, -0.15) is 0 Å². The summed E-state index contributed by atoms with van der Waals surface area (Å²) in [5.74, 6) is 0.530. The van der Waals surface area contributed by atoms with Crippen molar-refractivity contribution in [3.8, 4) is 22.5 Å². The molecule has 0 fully saturated rings. The number of carbonyl (C=O) groups is 1. The van der Waals surface area contributed by atoms with Crippen molar-refractivity contribution >= 4 is 17.1 Å². The average molecular weight is 587 g/mol. The second-order valence-electron chi connectivity index (χ2n) is 11.4. The fraction of sp³-hybridized carbons (Fsp3) is 0.367. The zero-order chi connectivity index (χ0) is 30.7. The second-order valence-corrected chi connectivity index (χ2v) is 11.4. The molecule has 2 aromatic carbocycles. The topological polar surface area (TPSA) is 152 Å². The van der Waals surface area contributed by atoms with Gasteiger partial charge in [0.25, 0.3) is 5.56 Å². The Morgan fingerprint density at radius 1 is 0.953 bits per heavy atom. The first-order chi connectivity index (χ1) is 20.6. The molecule has 0 atom stereocenters. The lowest BCUT2D eigenvalue weighted by molar-refractivity contribution is -0.141. The Morgan fingerprint density at radius 2 is 1.67 bits per heavy atom. The Bertz CT molecular complexity index is 1860. The molecule has 0 saturated carbocycles. The highest BCUT2D eigenvalue weighted by atomic mass is 16.5. The second kappa shape index (κ2) is 12.1. The van der Waals surface area contributed by atoms with E-state index in [1.54, 1.807) is 0 Å². The van der Waals surface area contributed by atoms with Crippen molar-refractivity contribution in [1.82, 2.24) is 39.3 Å². The summed E-state index contributed by atoms with van der Waals surface area (Å²) in [5.41, 5.74) is 2.82. The van der Waals surface area contributed by atoms with Gasteiger partial charge in [-0.25, -0.2) is 19.4 Å².